The second kappa shape index (κ2) is 7.97. The fourth-order valence-corrected chi connectivity index (χ4v) is 1.65. The molecule has 0 fully saturated rings. The van der Waals surface area contributed by atoms with Gasteiger partial charge >= 0.3 is 6.03 Å². The number of rotatable bonds is 6. The molecule has 0 saturated heterocycles. The van der Waals surface area contributed by atoms with Crippen LogP contribution in [0.2, 0.25) is 0 Å². The molecule has 1 atom stereocenters. The Morgan fingerprint density at radius 3 is 2.94 bits per heavy atom. The molecule has 1 aromatic rings. The fourth-order valence-electron chi connectivity index (χ4n) is 1.27. The van der Waals surface area contributed by atoms with E-state index < -0.39 is 0 Å². The molecule has 0 heterocycles. The molecule has 1 aromatic carbocycles. The van der Waals surface area contributed by atoms with Crippen LogP contribution in [-0.2, 0) is 0 Å². The molecular weight excluding hydrogens is 296 g/mol. The molecule has 2 N–H and O–H groups in total. The Hall–Kier alpha value is -1.23. The Morgan fingerprint density at radius 1 is 1.50 bits per heavy atom. The maximum Gasteiger partial charge on any atom is 0.315 e. The van der Waals surface area contributed by atoms with Gasteiger partial charge in [0.1, 0.15) is 12.4 Å². The van der Waals surface area contributed by atoms with Crippen LogP contribution in [0.3, 0.4) is 0 Å². The summed E-state index contributed by atoms with van der Waals surface area (Å²) in [6.07, 6.45) is 0.919. The van der Waals surface area contributed by atoms with E-state index in [1.807, 2.05) is 38.1 Å². The van der Waals surface area contributed by atoms with Crippen LogP contribution in [0.5, 0.6) is 5.75 Å². The third-order valence-electron chi connectivity index (χ3n) is 2.44. The number of carbonyl (C=O) groups is 1. The van der Waals surface area contributed by atoms with Gasteiger partial charge in [-0.25, -0.2) is 4.79 Å². The van der Waals surface area contributed by atoms with Crippen molar-refractivity contribution in [1.82, 2.24) is 10.6 Å². The number of urea groups is 1. The van der Waals surface area contributed by atoms with E-state index in [1.54, 1.807) is 0 Å². The zero-order valence-corrected chi connectivity index (χ0v) is 12.3. The molecule has 0 bridgehead atoms. The van der Waals surface area contributed by atoms with E-state index in [9.17, 15) is 4.79 Å². The lowest BCUT2D eigenvalue weighted by molar-refractivity contribution is 0.233. The van der Waals surface area contributed by atoms with Crippen LogP contribution in [0, 0.1) is 0 Å². The number of amides is 2. The number of hydrogen-bond acceptors (Lipinski definition) is 2. The molecule has 0 aliphatic heterocycles. The number of ether oxygens (including phenoxy) is 1. The van der Waals surface area contributed by atoms with Crippen molar-refractivity contribution < 1.29 is 9.53 Å². The molecular formula is C13H19BrN2O2. The van der Waals surface area contributed by atoms with Crippen LogP contribution in [0.15, 0.2) is 28.7 Å². The average Bonchev–Trinajstić information content (AvgIpc) is 2.34. The molecule has 1 rings (SSSR count). The number of nitrogens with one attached hydrogen (secondary N) is 2. The smallest absolute Gasteiger partial charge is 0.315 e. The lowest BCUT2D eigenvalue weighted by Gasteiger charge is -2.12. The Labute approximate surface area is 116 Å². The van der Waals surface area contributed by atoms with E-state index in [4.69, 9.17) is 4.74 Å². The van der Waals surface area contributed by atoms with Crippen LogP contribution in [0.1, 0.15) is 20.3 Å². The second-order valence-electron chi connectivity index (χ2n) is 4.02. The van der Waals surface area contributed by atoms with Gasteiger partial charge in [0.15, 0.2) is 0 Å². The lowest BCUT2D eigenvalue weighted by Crippen LogP contribution is -2.41. The molecule has 0 saturated carbocycles. The van der Waals surface area contributed by atoms with Crippen LogP contribution < -0.4 is 15.4 Å². The number of halogens is 1. The van der Waals surface area contributed by atoms with Crippen molar-refractivity contribution in [2.75, 3.05) is 13.2 Å². The first-order chi connectivity index (χ1) is 8.61. The van der Waals surface area contributed by atoms with Crippen LogP contribution in [0.25, 0.3) is 0 Å². The monoisotopic (exact) mass is 314 g/mol. The van der Waals surface area contributed by atoms with E-state index in [0.29, 0.717) is 13.2 Å². The van der Waals surface area contributed by atoms with Crippen molar-refractivity contribution >= 4 is 22.0 Å². The number of carbonyl (C=O) groups excluding carboxylic acids is 1. The van der Waals surface area contributed by atoms with E-state index in [2.05, 4.69) is 26.6 Å². The Bertz CT molecular complexity index is 385. The van der Waals surface area contributed by atoms with Crippen molar-refractivity contribution in [3.05, 3.63) is 28.7 Å². The minimum Gasteiger partial charge on any atom is -0.492 e. The summed E-state index contributed by atoms with van der Waals surface area (Å²) in [4.78, 5) is 11.4. The normalized spacial score (nSPS) is 11.7. The summed E-state index contributed by atoms with van der Waals surface area (Å²) in [5, 5.41) is 5.57. The first kappa shape index (κ1) is 14.8. The van der Waals surface area contributed by atoms with Gasteiger partial charge < -0.3 is 15.4 Å². The van der Waals surface area contributed by atoms with E-state index in [-0.39, 0.29) is 12.1 Å². The van der Waals surface area contributed by atoms with Crippen molar-refractivity contribution in [3.8, 4) is 5.75 Å². The van der Waals surface area contributed by atoms with Crippen molar-refractivity contribution in [1.29, 1.82) is 0 Å². The van der Waals surface area contributed by atoms with Gasteiger partial charge in [-0.05, 0) is 31.5 Å². The Kier molecular flexibility index (Phi) is 6.57. The molecule has 0 aliphatic rings. The van der Waals surface area contributed by atoms with E-state index in [1.165, 1.54) is 0 Å². The highest BCUT2D eigenvalue weighted by atomic mass is 79.9. The minimum atomic E-state index is -0.151. The Morgan fingerprint density at radius 2 is 2.28 bits per heavy atom. The highest BCUT2D eigenvalue weighted by Gasteiger charge is 2.03. The predicted molar refractivity (Wildman–Crippen MR) is 75.9 cm³/mol. The van der Waals surface area contributed by atoms with Gasteiger partial charge in [0, 0.05) is 10.5 Å². The van der Waals surface area contributed by atoms with E-state index >= 15 is 0 Å². The molecule has 0 radical (unpaired) electrons. The summed E-state index contributed by atoms with van der Waals surface area (Å²) in [6, 6.07) is 7.65. The summed E-state index contributed by atoms with van der Waals surface area (Å²) >= 11 is 3.37. The average molecular weight is 315 g/mol. The summed E-state index contributed by atoms with van der Waals surface area (Å²) in [6.45, 7) is 4.93. The van der Waals surface area contributed by atoms with Crippen molar-refractivity contribution in [3.63, 3.8) is 0 Å². The number of hydrogen-bond donors (Lipinski definition) is 2. The van der Waals surface area contributed by atoms with Gasteiger partial charge in [-0.3, -0.25) is 0 Å². The standard InChI is InChI=1S/C13H19BrN2O2/c1-3-10(2)16-13(17)15-7-8-18-12-6-4-5-11(14)9-12/h4-6,9-10H,3,7-8H2,1-2H3,(H2,15,16,17). The topological polar surface area (TPSA) is 50.4 Å². The SMILES string of the molecule is CCC(C)NC(=O)NCCOc1cccc(Br)c1. The maximum absolute atomic E-state index is 11.4. The highest BCUT2D eigenvalue weighted by molar-refractivity contribution is 9.10. The molecule has 18 heavy (non-hydrogen) atoms. The zero-order valence-electron chi connectivity index (χ0n) is 10.7. The van der Waals surface area contributed by atoms with Crippen LogP contribution in [0.4, 0.5) is 4.79 Å². The van der Waals surface area contributed by atoms with E-state index in [0.717, 1.165) is 16.6 Å². The summed E-state index contributed by atoms with van der Waals surface area (Å²) < 4.78 is 6.47. The van der Waals surface area contributed by atoms with Gasteiger partial charge in [-0.1, -0.05) is 28.9 Å². The fraction of sp³-hybridized carbons (Fsp3) is 0.462. The first-order valence-corrected chi connectivity index (χ1v) is 6.84. The van der Waals surface area contributed by atoms with Gasteiger partial charge in [0.25, 0.3) is 0 Å². The molecule has 100 valence electrons. The first-order valence-electron chi connectivity index (χ1n) is 6.04. The lowest BCUT2D eigenvalue weighted by atomic mass is 10.3. The summed E-state index contributed by atoms with van der Waals surface area (Å²) in [5.41, 5.74) is 0. The maximum atomic E-state index is 11.4. The molecule has 5 heteroatoms. The van der Waals surface area contributed by atoms with Crippen LogP contribution >= 0.6 is 15.9 Å². The molecule has 1 unspecified atom stereocenters. The summed E-state index contributed by atoms with van der Waals surface area (Å²) in [5.74, 6) is 0.786. The molecule has 0 aromatic heterocycles. The number of benzene rings is 1. The quantitative estimate of drug-likeness (QED) is 0.793. The third kappa shape index (κ3) is 5.91. The predicted octanol–water partition coefficient (Wildman–Crippen LogP) is 2.93. The molecule has 4 nitrogen and oxygen atoms in total. The van der Waals surface area contributed by atoms with Crippen molar-refractivity contribution in [2.24, 2.45) is 0 Å². The highest BCUT2D eigenvalue weighted by Crippen LogP contribution is 2.17. The molecule has 0 aliphatic carbocycles. The largest absolute Gasteiger partial charge is 0.492 e. The van der Waals surface area contributed by atoms with Gasteiger partial charge in [-0.15, -0.1) is 0 Å². The molecule has 0 spiro atoms. The van der Waals surface area contributed by atoms with Gasteiger partial charge in [0.05, 0.1) is 6.54 Å². The van der Waals surface area contributed by atoms with Gasteiger partial charge in [-0.2, -0.15) is 0 Å². The van der Waals surface area contributed by atoms with Crippen LogP contribution in [-0.4, -0.2) is 25.2 Å². The second-order valence-corrected chi connectivity index (χ2v) is 4.93. The van der Waals surface area contributed by atoms with Crippen molar-refractivity contribution in [2.45, 2.75) is 26.3 Å². The molecule has 2 amide bonds. The Balaban J connectivity index is 2.17. The minimum absolute atomic E-state index is 0.151. The van der Waals surface area contributed by atoms with Gasteiger partial charge in [0.2, 0.25) is 0 Å². The third-order valence-corrected chi connectivity index (χ3v) is 2.94. The summed E-state index contributed by atoms with van der Waals surface area (Å²) in [7, 11) is 0. The zero-order chi connectivity index (χ0) is 13.4.